The summed E-state index contributed by atoms with van der Waals surface area (Å²) in [5.41, 5.74) is 5.76. The molecule has 1 atom stereocenters. The summed E-state index contributed by atoms with van der Waals surface area (Å²) >= 11 is 5.97. The van der Waals surface area contributed by atoms with E-state index >= 15 is 0 Å². The fraction of sp³-hybridized carbons (Fsp3) is 0.200. The maximum atomic E-state index is 13.8. The van der Waals surface area contributed by atoms with E-state index in [1.54, 1.807) is 31.2 Å². The first-order valence-electron chi connectivity index (χ1n) is 5.88. The quantitative estimate of drug-likeness (QED) is 0.903. The Balaban J connectivity index is 2.39. The minimum absolute atomic E-state index is 0.124. The highest BCUT2D eigenvalue weighted by Crippen LogP contribution is 2.29. The van der Waals surface area contributed by atoms with Gasteiger partial charge in [0.15, 0.2) is 0 Å². The van der Waals surface area contributed by atoms with Crippen molar-refractivity contribution in [2.75, 3.05) is 0 Å². The zero-order valence-corrected chi connectivity index (χ0v) is 11.2. The van der Waals surface area contributed by atoms with Crippen molar-refractivity contribution in [3.63, 3.8) is 0 Å². The molecule has 1 nitrogen and oxygen atoms in total. The lowest BCUT2D eigenvalue weighted by Gasteiger charge is -2.26. The molecule has 0 spiro atoms. The van der Waals surface area contributed by atoms with E-state index in [0.29, 0.717) is 16.1 Å². The van der Waals surface area contributed by atoms with Gasteiger partial charge in [0.2, 0.25) is 0 Å². The van der Waals surface area contributed by atoms with Crippen LogP contribution in [-0.2, 0) is 12.0 Å². The summed E-state index contributed by atoms with van der Waals surface area (Å²) in [5.74, 6) is -0.833. The van der Waals surface area contributed by atoms with Crippen LogP contribution in [0.4, 0.5) is 8.78 Å². The van der Waals surface area contributed by atoms with Gasteiger partial charge in [-0.3, -0.25) is 0 Å². The summed E-state index contributed by atoms with van der Waals surface area (Å²) in [4.78, 5) is 0. The first-order valence-corrected chi connectivity index (χ1v) is 6.26. The van der Waals surface area contributed by atoms with Crippen LogP contribution in [0.15, 0.2) is 42.5 Å². The summed E-state index contributed by atoms with van der Waals surface area (Å²) in [5, 5.41) is 0.299. The lowest BCUT2D eigenvalue weighted by molar-refractivity contribution is 0.447. The van der Waals surface area contributed by atoms with Gasteiger partial charge in [-0.1, -0.05) is 35.9 Å². The molecule has 1 unspecified atom stereocenters. The molecule has 2 aromatic carbocycles. The van der Waals surface area contributed by atoms with Crippen LogP contribution < -0.4 is 5.73 Å². The molecule has 0 radical (unpaired) electrons. The molecule has 0 amide bonds. The number of nitrogens with two attached hydrogens (primary N) is 1. The lowest BCUT2D eigenvalue weighted by atomic mass is 9.86. The largest absolute Gasteiger partial charge is 0.321 e. The van der Waals surface area contributed by atoms with Gasteiger partial charge in [-0.05, 0) is 31.5 Å². The van der Waals surface area contributed by atoms with Crippen molar-refractivity contribution in [3.05, 3.63) is 70.2 Å². The minimum atomic E-state index is -1.03. The molecule has 100 valence electrons. The van der Waals surface area contributed by atoms with E-state index in [1.807, 2.05) is 0 Å². The number of halogens is 3. The summed E-state index contributed by atoms with van der Waals surface area (Å²) < 4.78 is 27.5. The normalized spacial score (nSPS) is 14.2. The van der Waals surface area contributed by atoms with Crippen LogP contribution in [-0.4, -0.2) is 0 Å². The third kappa shape index (κ3) is 2.94. The van der Waals surface area contributed by atoms with Crippen molar-refractivity contribution in [1.29, 1.82) is 0 Å². The number of hydrogen-bond acceptors (Lipinski definition) is 1. The van der Waals surface area contributed by atoms with Crippen LogP contribution in [0, 0.1) is 11.6 Å². The molecule has 0 saturated heterocycles. The van der Waals surface area contributed by atoms with Crippen LogP contribution in [0.3, 0.4) is 0 Å². The molecule has 0 aromatic heterocycles. The maximum Gasteiger partial charge on any atom is 0.128 e. The second kappa shape index (κ2) is 5.27. The molecule has 0 fully saturated rings. The van der Waals surface area contributed by atoms with Crippen molar-refractivity contribution in [3.8, 4) is 0 Å². The van der Waals surface area contributed by atoms with Crippen molar-refractivity contribution in [2.24, 2.45) is 5.73 Å². The van der Waals surface area contributed by atoms with Crippen molar-refractivity contribution in [2.45, 2.75) is 18.9 Å². The van der Waals surface area contributed by atoms with Crippen LogP contribution in [0.2, 0.25) is 5.02 Å². The van der Waals surface area contributed by atoms with E-state index in [0.717, 1.165) is 0 Å². The van der Waals surface area contributed by atoms with Gasteiger partial charge in [-0.25, -0.2) is 8.78 Å². The molecule has 0 aliphatic carbocycles. The molecule has 0 aliphatic heterocycles. The van der Waals surface area contributed by atoms with E-state index in [2.05, 4.69) is 0 Å². The Labute approximate surface area is 116 Å². The molecule has 2 aromatic rings. The summed E-state index contributed by atoms with van der Waals surface area (Å²) in [6.45, 7) is 1.66. The predicted octanol–water partition coefficient (Wildman–Crippen LogP) is 4.03. The topological polar surface area (TPSA) is 26.0 Å². The van der Waals surface area contributed by atoms with Crippen molar-refractivity contribution < 1.29 is 8.78 Å². The van der Waals surface area contributed by atoms with Gasteiger partial charge in [-0.2, -0.15) is 0 Å². The fourth-order valence-electron chi connectivity index (χ4n) is 2.09. The Morgan fingerprint density at radius 1 is 1.05 bits per heavy atom. The van der Waals surface area contributed by atoms with Gasteiger partial charge < -0.3 is 5.73 Å². The first-order chi connectivity index (χ1) is 8.92. The predicted molar refractivity (Wildman–Crippen MR) is 73.1 cm³/mol. The second-order valence-electron chi connectivity index (χ2n) is 4.77. The highest BCUT2D eigenvalue weighted by atomic mass is 35.5. The van der Waals surface area contributed by atoms with Crippen molar-refractivity contribution >= 4 is 11.6 Å². The molecule has 0 saturated carbocycles. The molecular weight excluding hydrogens is 268 g/mol. The SMILES string of the molecule is CC(N)(Cc1c(F)cccc1Cl)c1ccccc1F. The fourth-order valence-corrected chi connectivity index (χ4v) is 2.32. The molecule has 0 heterocycles. The van der Waals surface area contributed by atoms with Crippen molar-refractivity contribution in [1.82, 2.24) is 0 Å². The van der Waals surface area contributed by atoms with Gasteiger partial charge in [-0.15, -0.1) is 0 Å². The Kier molecular flexibility index (Phi) is 3.88. The number of benzene rings is 2. The average Bonchev–Trinajstić information content (AvgIpc) is 2.34. The van der Waals surface area contributed by atoms with Gasteiger partial charge in [0.05, 0.1) is 0 Å². The molecule has 2 N–H and O–H groups in total. The lowest BCUT2D eigenvalue weighted by Crippen LogP contribution is -2.36. The average molecular weight is 282 g/mol. The number of hydrogen-bond donors (Lipinski definition) is 1. The van der Waals surface area contributed by atoms with E-state index in [-0.39, 0.29) is 6.42 Å². The summed E-state index contributed by atoms with van der Waals surface area (Å²) in [6, 6.07) is 10.7. The Bertz CT molecular complexity index is 576. The van der Waals surface area contributed by atoms with Gasteiger partial charge in [0, 0.05) is 21.7 Å². The van der Waals surface area contributed by atoms with E-state index in [4.69, 9.17) is 17.3 Å². The van der Waals surface area contributed by atoms with Gasteiger partial charge in [0.25, 0.3) is 0 Å². The highest BCUT2D eigenvalue weighted by molar-refractivity contribution is 6.31. The Morgan fingerprint density at radius 2 is 1.68 bits per heavy atom. The minimum Gasteiger partial charge on any atom is -0.321 e. The molecule has 0 aliphatic rings. The van der Waals surface area contributed by atoms with Gasteiger partial charge >= 0.3 is 0 Å². The van der Waals surface area contributed by atoms with Gasteiger partial charge in [0.1, 0.15) is 11.6 Å². The Hall–Kier alpha value is -1.45. The second-order valence-corrected chi connectivity index (χ2v) is 5.18. The third-order valence-corrected chi connectivity index (χ3v) is 3.45. The maximum absolute atomic E-state index is 13.8. The molecular formula is C15H14ClF2N. The molecule has 2 rings (SSSR count). The van der Waals surface area contributed by atoms with E-state index in [1.165, 1.54) is 18.2 Å². The van der Waals surface area contributed by atoms with E-state index in [9.17, 15) is 8.78 Å². The standard InChI is InChI=1S/C15H14ClF2N/c1-15(19,11-5-2-3-7-14(11)18)9-10-12(16)6-4-8-13(10)17/h2-8H,9,19H2,1H3. The highest BCUT2D eigenvalue weighted by Gasteiger charge is 2.27. The van der Waals surface area contributed by atoms with Crippen LogP contribution in [0.5, 0.6) is 0 Å². The number of rotatable bonds is 3. The molecule has 4 heteroatoms. The summed E-state index contributed by atoms with van der Waals surface area (Å²) in [7, 11) is 0. The zero-order valence-electron chi connectivity index (χ0n) is 10.5. The zero-order chi connectivity index (χ0) is 14.0. The molecule has 0 bridgehead atoms. The molecule has 19 heavy (non-hydrogen) atoms. The first kappa shape index (κ1) is 14.0. The van der Waals surface area contributed by atoms with Crippen LogP contribution in [0.25, 0.3) is 0 Å². The van der Waals surface area contributed by atoms with E-state index < -0.39 is 17.2 Å². The Morgan fingerprint density at radius 3 is 2.32 bits per heavy atom. The third-order valence-electron chi connectivity index (χ3n) is 3.09. The summed E-state index contributed by atoms with van der Waals surface area (Å²) in [6.07, 6.45) is 0.124. The van der Waals surface area contributed by atoms with Crippen LogP contribution in [0.1, 0.15) is 18.1 Å². The smallest absolute Gasteiger partial charge is 0.128 e. The van der Waals surface area contributed by atoms with Crippen LogP contribution >= 0.6 is 11.6 Å². The monoisotopic (exact) mass is 281 g/mol.